The summed E-state index contributed by atoms with van der Waals surface area (Å²) in [6, 6.07) is 6.61. The summed E-state index contributed by atoms with van der Waals surface area (Å²) in [5.74, 6) is 1.32. The molecule has 16 heavy (non-hydrogen) atoms. The molecule has 2 nitrogen and oxygen atoms in total. The standard InChI is InChI=1S/C12H16FNOS/c13-11-1-3-12(4-2-11)16-6-5-14-7-10(8-14)9-15/h1-4,10,15H,5-9H2. The molecule has 0 unspecified atom stereocenters. The van der Waals surface area contributed by atoms with Gasteiger partial charge in [0.25, 0.3) is 0 Å². The second-order valence-corrected chi connectivity index (χ2v) is 5.28. The molecule has 1 aromatic carbocycles. The van der Waals surface area contributed by atoms with E-state index in [1.165, 1.54) is 12.1 Å². The SMILES string of the molecule is OCC1CN(CCSc2ccc(F)cc2)C1. The summed E-state index contributed by atoms with van der Waals surface area (Å²) in [6.45, 7) is 3.38. The van der Waals surface area contributed by atoms with Gasteiger partial charge in [0.2, 0.25) is 0 Å². The third-order valence-electron chi connectivity index (χ3n) is 2.78. The molecule has 4 heteroatoms. The Balaban J connectivity index is 1.63. The molecule has 1 fully saturated rings. The topological polar surface area (TPSA) is 23.5 Å². The molecule has 1 aromatic rings. The maximum absolute atomic E-state index is 12.6. The predicted octanol–water partition coefficient (Wildman–Crippen LogP) is 1.84. The van der Waals surface area contributed by atoms with Gasteiger partial charge in [-0.25, -0.2) is 4.39 Å². The van der Waals surface area contributed by atoms with E-state index in [0.717, 1.165) is 30.3 Å². The molecule has 1 aliphatic heterocycles. The number of halogens is 1. The molecule has 88 valence electrons. The molecule has 2 rings (SSSR count). The predicted molar refractivity (Wildman–Crippen MR) is 64.1 cm³/mol. The lowest BCUT2D eigenvalue weighted by atomic mass is 10.0. The van der Waals surface area contributed by atoms with Gasteiger partial charge in [0.15, 0.2) is 0 Å². The van der Waals surface area contributed by atoms with E-state index in [1.54, 1.807) is 11.8 Å². The Hall–Kier alpha value is -0.580. The number of hydrogen-bond acceptors (Lipinski definition) is 3. The van der Waals surface area contributed by atoms with Crippen LogP contribution in [0.1, 0.15) is 0 Å². The molecule has 0 aliphatic carbocycles. The van der Waals surface area contributed by atoms with Crippen LogP contribution in [0.5, 0.6) is 0 Å². The van der Waals surface area contributed by atoms with E-state index in [1.807, 2.05) is 12.1 Å². The van der Waals surface area contributed by atoms with Gasteiger partial charge in [0.1, 0.15) is 5.82 Å². The molecule has 1 saturated heterocycles. The fourth-order valence-corrected chi connectivity index (χ4v) is 2.71. The fourth-order valence-electron chi connectivity index (χ4n) is 1.80. The minimum atomic E-state index is -0.183. The van der Waals surface area contributed by atoms with Gasteiger partial charge < -0.3 is 10.0 Å². The molecule has 1 heterocycles. The van der Waals surface area contributed by atoms with Gasteiger partial charge in [0, 0.05) is 42.8 Å². The number of thioether (sulfide) groups is 1. The first-order chi connectivity index (χ1) is 7.78. The van der Waals surface area contributed by atoms with Gasteiger partial charge in [-0.3, -0.25) is 0 Å². The number of rotatable bonds is 5. The first-order valence-corrected chi connectivity index (χ1v) is 6.48. The lowest BCUT2D eigenvalue weighted by Gasteiger charge is -2.38. The highest BCUT2D eigenvalue weighted by atomic mass is 32.2. The summed E-state index contributed by atoms with van der Waals surface area (Å²) in [5.41, 5.74) is 0. The number of nitrogens with zero attached hydrogens (tertiary/aromatic N) is 1. The third-order valence-corrected chi connectivity index (χ3v) is 3.77. The van der Waals surface area contributed by atoms with Crippen molar-refractivity contribution in [3.63, 3.8) is 0 Å². The van der Waals surface area contributed by atoms with Crippen molar-refractivity contribution >= 4 is 11.8 Å². The van der Waals surface area contributed by atoms with E-state index in [2.05, 4.69) is 4.90 Å². The normalized spacial score (nSPS) is 17.4. The third kappa shape index (κ3) is 3.20. The smallest absolute Gasteiger partial charge is 0.123 e. The van der Waals surface area contributed by atoms with Crippen LogP contribution in [-0.2, 0) is 0 Å². The highest BCUT2D eigenvalue weighted by Crippen LogP contribution is 2.20. The zero-order valence-corrected chi connectivity index (χ0v) is 9.92. The van der Waals surface area contributed by atoms with E-state index < -0.39 is 0 Å². The summed E-state index contributed by atoms with van der Waals surface area (Å²) in [4.78, 5) is 3.44. The first kappa shape index (κ1) is 11.9. The second kappa shape index (κ2) is 5.66. The van der Waals surface area contributed by atoms with Crippen molar-refractivity contribution in [2.75, 3.05) is 32.0 Å². The minimum absolute atomic E-state index is 0.183. The number of hydrogen-bond donors (Lipinski definition) is 1. The van der Waals surface area contributed by atoms with Crippen molar-refractivity contribution in [3.05, 3.63) is 30.1 Å². The van der Waals surface area contributed by atoms with Crippen molar-refractivity contribution in [1.29, 1.82) is 0 Å². The Labute approximate surface area is 99.5 Å². The Kier molecular flexibility index (Phi) is 4.21. The molecule has 0 atom stereocenters. The number of aliphatic hydroxyl groups is 1. The van der Waals surface area contributed by atoms with Gasteiger partial charge in [-0.15, -0.1) is 11.8 Å². The summed E-state index contributed by atoms with van der Waals surface area (Å²) in [6.07, 6.45) is 0. The summed E-state index contributed by atoms with van der Waals surface area (Å²) >= 11 is 1.74. The molecule has 1 aliphatic rings. The van der Waals surface area contributed by atoms with Crippen LogP contribution in [0, 0.1) is 11.7 Å². The van der Waals surface area contributed by atoms with Crippen LogP contribution < -0.4 is 0 Å². The molecule has 1 N–H and O–H groups in total. The maximum Gasteiger partial charge on any atom is 0.123 e. The molecular weight excluding hydrogens is 225 g/mol. The average Bonchev–Trinajstić information content (AvgIpc) is 2.24. The highest BCUT2D eigenvalue weighted by Gasteiger charge is 2.24. The lowest BCUT2D eigenvalue weighted by molar-refractivity contribution is 0.0595. The lowest BCUT2D eigenvalue weighted by Crippen LogP contribution is -2.48. The van der Waals surface area contributed by atoms with E-state index in [9.17, 15) is 4.39 Å². The molecule has 0 bridgehead atoms. The van der Waals surface area contributed by atoms with Crippen LogP contribution in [0.4, 0.5) is 4.39 Å². The average molecular weight is 241 g/mol. The van der Waals surface area contributed by atoms with Crippen molar-refractivity contribution < 1.29 is 9.50 Å². The molecule has 0 saturated carbocycles. The Morgan fingerprint density at radius 1 is 1.31 bits per heavy atom. The van der Waals surface area contributed by atoms with E-state index in [4.69, 9.17) is 5.11 Å². The van der Waals surface area contributed by atoms with Crippen molar-refractivity contribution in [2.24, 2.45) is 5.92 Å². The maximum atomic E-state index is 12.6. The Bertz CT molecular complexity index is 324. The minimum Gasteiger partial charge on any atom is -0.396 e. The van der Waals surface area contributed by atoms with E-state index >= 15 is 0 Å². The molecule has 0 amide bonds. The largest absolute Gasteiger partial charge is 0.396 e. The van der Waals surface area contributed by atoms with Gasteiger partial charge in [-0.2, -0.15) is 0 Å². The van der Waals surface area contributed by atoms with Gasteiger partial charge in [0.05, 0.1) is 0 Å². The van der Waals surface area contributed by atoms with E-state index in [0.29, 0.717) is 12.5 Å². The monoisotopic (exact) mass is 241 g/mol. The van der Waals surface area contributed by atoms with E-state index in [-0.39, 0.29) is 5.82 Å². The summed E-state index contributed by atoms with van der Waals surface area (Å²) in [5, 5.41) is 8.87. The first-order valence-electron chi connectivity index (χ1n) is 5.49. The zero-order valence-electron chi connectivity index (χ0n) is 9.10. The van der Waals surface area contributed by atoms with Crippen LogP contribution >= 0.6 is 11.8 Å². The Morgan fingerprint density at radius 2 is 2.00 bits per heavy atom. The summed E-state index contributed by atoms with van der Waals surface area (Å²) < 4.78 is 12.6. The second-order valence-electron chi connectivity index (χ2n) is 4.11. The Morgan fingerprint density at radius 3 is 2.62 bits per heavy atom. The van der Waals surface area contributed by atoms with Gasteiger partial charge in [-0.05, 0) is 24.3 Å². The number of aliphatic hydroxyl groups excluding tert-OH is 1. The van der Waals surface area contributed by atoms with Crippen molar-refractivity contribution in [2.45, 2.75) is 4.90 Å². The molecular formula is C12H16FNOS. The van der Waals surface area contributed by atoms with Crippen LogP contribution in [0.3, 0.4) is 0 Å². The van der Waals surface area contributed by atoms with Gasteiger partial charge in [-0.1, -0.05) is 0 Å². The van der Waals surface area contributed by atoms with Crippen molar-refractivity contribution in [3.8, 4) is 0 Å². The number of benzene rings is 1. The van der Waals surface area contributed by atoms with Gasteiger partial charge >= 0.3 is 0 Å². The van der Waals surface area contributed by atoms with Crippen molar-refractivity contribution in [1.82, 2.24) is 4.90 Å². The summed E-state index contributed by atoms with van der Waals surface area (Å²) in [7, 11) is 0. The number of likely N-dealkylation sites (tertiary alicyclic amines) is 1. The van der Waals surface area contributed by atoms with Crippen LogP contribution in [-0.4, -0.2) is 42.0 Å². The van der Waals surface area contributed by atoms with Crippen LogP contribution in [0.2, 0.25) is 0 Å². The quantitative estimate of drug-likeness (QED) is 0.796. The fraction of sp³-hybridized carbons (Fsp3) is 0.500. The highest BCUT2D eigenvalue weighted by molar-refractivity contribution is 7.99. The van der Waals surface area contributed by atoms with Crippen LogP contribution in [0.15, 0.2) is 29.2 Å². The molecule has 0 aromatic heterocycles. The molecule has 0 spiro atoms. The zero-order chi connectivity index (χ0) is 11.4. The van der Waals surface area contributed by atoms with Crippen LogP contribution in [0.25, 0.3) is 0 Å². The molecule has 0 radical (unpaired) electrons.